The lowest BCUT2D eigenvalue weighted by Crippen LogP contribution is -2.40. The van der Waals surface area contributed by atoms with Crippen LogP contribution in [-0.2, 0) is 11.3 Å². The maximum atomic E-state index is 13.6. The molecule has 182 valence electrons. The van der Waals surface area contributed by atoms with Crippen molar-refractivity contribution < 1.29 is 9.59 Å². The van der Waals surface area contributed by atoms with E-state index in [1.54, 1.807) is 24.9 Å². The van der Waals surface area contributed by atoms with Crippen molar-refractivity contribution >= 4 is 45.4 Å². The predicted molar refractivity (Wildman–Crippen MR) is 137 cm³/mol. The molecule has 0 unspecified atom stereocenters. The second-order valence-corrected chi connectivity index (χ2v) is 9.83. The molecule has 0 radical (unpaired) electrons. The number of hydrogen-bond donors (Lipinski definition) is 1. The lowest BCUT2D eigenvalue weighted by Gasteiger charge is -2.32. The molecule has 8 nitrogen and oxygen atoms in total. The van der Waals surface area contributed by atoms with Crippen LogP contribution in [0.15, 0.2) is 47.4 Å². The highest BCUT2D eigenvalue weighted by Gasteiger charge is 2.28. The predicted octanol–water partition coefficient (Wildman–Crippen LogP) is 3.81. The molecule has 35 heavy (non-hydrogen) atoms. The van der Waals surface area contributed by atoms with Crippen LogP contribution in [0.25, 0.3) is 21.9 Å². The number of benzene rings is 2. The number of nitrogens with one attached hydrogen (secondary N) is 1. The minimum atomic E-state index is -0.114. The number of aromatic nitrogens is 3. The summed E-state index contributed by atoms with van der Waals surface area (Å²) in [5.74, 6) is -0.139. The number of H-pyrrole nitrogens is 1. The molecule has 0 aliphatic carbocycles. The van der Waals surface area contributed by atoms with E-state index in [1.165, 1.54) is 4.90 Å². The van der Waals surface area contributed by atoms with Gasteiger partial charge in [0.05, 0.1) is 22.1 Å². The number of piperidine rings is 1. The van der Waals surface area contributed by atoms with Crippen LogP contribution in [0.1, 0.15) is 34.8 Å². The summed E-state index contributed by atoms with van der Waals surface area (Å²) in [5.41, 5.74) is 3.81. The fourth-order valence-electron chi connectivity index (χ4n) is 4.94. The van der Waals surface area contributed by atoms with Crippen LogP contribution >= 0.6 is 11.6 Å². The standard InChI is InChI=1S/C26H28ClN5O3/c1-16-12-18-19(14-31(15-24(33)29(2)3)23(18)13-20(16)27)25(34)30-10-8-17(9-11-30)32-22-7-5-4-6-21(22)28-26(32)35/h4-7,12-14,17H,8-11,15H2,1-3H3,(H,28,35). The zero-order chi connectivity index (χ0) is 24.9. The third kappa shape index (κ3) is 4.12. The number of carbonyl (C=O) groups is 2. The summed E-state index contributed by atoms with van der Waals surface area (Å²) < 4.78 is 3.62. The third-order valence-corrected chi connectivity index (χ3v) is 7.34. The van der Waals surface area contributed by atoms with Gasteiger partial charge < -0.3 is 19.4 Å². The number of nitrogens with zero attached hydrogens (tertiary/aromatic N) is 4. The van der Waals surface area contributed by atoms with Crippen molar-refractivity contribution in [1.29, 1.82) is 0 Å². The Morgan fingerprint density at radius 1 is 1.11 bits per heavy atom. The number of para-hydroxylation sites is 2. The highest BCUT2D eigenvalue weighted by Crippen LogP contribution is 2.31. The Kier molecular flexibility index (Phi) is 5.92. The Morgan fingerprint density at radius 3 is 2.54 bits per heavy atom. The van der Waals surface area contributed by atoms with Crippen molar-refractivity contribution in [1.82, 2.24) is 23.9 Å². The van der Waals surface area contributed by atoms with Crippen LogP contribution in [0.2, 0.25) is 5.02 Å². The quantitative estimate of drug-likeness (QED) is 0.469. The summed E-state index contributed by atoms with van der Waals surface area (Å²) in [6, 6.07) is 11.4. The first kappa shape index (κ1) is 23.2. The average Bonchev–Trinajstić information content (AvgIpc) is 3.35. The van der Waals surface area contributed by atoms with Gasteiger partial charge in [0, 0.05) is 49.8 Å². The van der Waals surface area contributed by atoms with Crippen molar-refractivity contribution in [2.24, 2.45) is 0 Å². The number of fused-ring (bicyclic) bond motifs is 2. The van der Waals surface area contributed by atoms with Crippen LogP contribution in [0.5, 0.6) is 0 Å². The number of imidazole rings is 1. The third-order valence-electron chi connectivity index (χ3n) is 6.94. The molecular formula is C26H28ClN5O3. The van der Waals surface area contributed by atoms with E-state index in [1.807, 2.05) is 52.8 Å². The minimum Gasteiger partial charge on any atom is -0.347 e. The molecule has 1 saturated heterocycles. The van der Waals surface area contributed by atoms with E-state index in [2.05, 4.69) is 4.98 Å². The Balaban J connectivity index is 1.42. The van der Waals surface area contributed by atoms with Gasteiger partial charge >= 0.3 is 5.69 Å². The van der Waals surface area contributed by atoms with Crippen molar-refractivity contribution in [3.05, 3.63) is 69.2 Å². The van der Waals surface area contributed by atoms with Gasteiger partial charge in [0.2, 0.25) is 5.91 Å². The lowest BCUT2D eigenvalue weighted by atomic mass is 10.0. The monoisotopic (exact) mass is 493 g/mol. The molecule has 3 heterocycles. The molecule has 1 fully saturated rings. The molecule has 9 heteroatoms. The summed E-state index contributed by atoms with van der Waals surface area (Å²) in [7, 11) is 3.42. The van der Waals surface area contributed by atoms with Crippen LogP contribution in [-0.4, -0.2) is 62.9 Å². The van der Waals surface area contributed by atoms with Gasteiger partial charge in [0.15, 0.2) is 0 Å². The van der Waals surface area contributed by atoms with E-state index < -0.39 is 0 Å². The smallest absolute Gasteiger partial charge is 0.326 e. The number of aromatic amines is 1. The van der Waals surface area contributed by atoms with Gasteiger partial charge in [-0.15, -0.1) is 0 Å². The summed E-state index contributed by atoms with van der Waals surface area (Å²) >= 11 is 6.38. The van der Waals surface area contributed by atoms with E-state index in [-0.39, 0.29) is 30.1 Å². The zero-order valence-corrected chi connectivity index (χ0v) is 20.8. The van der Waals surface area contributed by atoms with Gasteiger partial charge in [-0.25, -0.2) is 4.79 Å². The normalized spacial score (nSPS) is 14.7. The largest absolute Gasteiger partial charge is 0.347 e. The van der Waals surface area contributed by atoms with E-state index in [4.69, 9.17) is 11.6 Å². The SMILES string of the molecule is Cc1cc2c(C(=O)N3CCC(n4c(=O)[nH]c5ccccc54)CC3)cn(CC(=O)N(C)C)c2cc1Cl. The molecule has 4 aromatic rings. The number of amides is 2. The van der Waals surface area contributed by atoms with Gasteiger partial charge in [-0.2, -0.15) is 0 Å². The van der Waals surface area contributed by atoms with E-state index in [0.717, 1.165) is 27.5 Å². The number of rotatable bonds is 4. The molecule has 0 spiro atoms. The number of hydrogen-bond acceptors (Lipinski definition) is 3. The van der Waals surface area contributed by atoms with Crippen LogP contribution < -0.4 is 5.69 Å². The summed E-state index contributed by atoms with van der Waals surface area (Å²) in [6.45, 7) is 3.13. The summed E-state index contributed by atoms with van der Waals surface area (Å²) in [4.78, 5) is 44.9. The van der Waals surface area contributed by atoms with Gasteiger partial charge in [0.1, 0.15) is 6.54 Å². The Morgan fingerprint density at radius 2 is 1.83 bits per heavy atom. The molecule has 1 aliphatic rings. The number of carbonyl (C=O) groups excluding carboxylic acids is 2. The molecular weight excluding hydrogens is 466 g/mol. The molecule has 0 saturated carbocycles. The second-order valence-electron chi connectivity index (χ2n) is 9.42. The topological polar surface area (TPSA) is 83.3 Å². The highest BCUT2D eigenvalue weighted by atomic mass is 35.5. The van der Waals surface area contributed by atoms with E-state index in [0.29, 0.717) is 36.5 Å². The number of halogens is 1. The highest BCUT2D eigenvalue weighted by molar-refractivity contribution is 6.32. The van der Waals surface area contributed by atoms with Gasteiger partial charge in [-0.1, -0.05) is 23.7 Å². The summed E-state index contributed by atoms with van der Waals surface area (Å²) in [6.07, 6.45) is 3.15. The molecule has 0 bridgehead atoms. The molecule has 0 atom stereocenters. The summed E-state index contributed by atoms with van der Waals surface area (Å²) in [5, 5.41) is 1.39. The van der Waals surface area contributed by atoms with Crippen LogP contribution in [0.3, 0.4) is 0 Å². The van der Waals surface area contributed by atoms with Crippen molar-refractivity contribution in [2.75, 3.05) is 27.2 Å². The Bertz CT molecular complexity index is 1500. The lowest BCUT2D eigenvalue weighted by molar-refractivity contribution is -0.129. The fraction of sp³-hybridized carbons (Fsp3) is 0.346. The number of likely N-dealkylation sites (tertiary alicyclic amines) is 1. The first-order chi connectivity index (χ1) is 16.7. The minimum absolute atomic E-state index is 0.0304. The molecule has 5 rings (SSSR count). The van der Waals surface area contributed by atoms with Crippen molar-refractivity contribution in [3.8, 4) is 0 Å². The van der Waals surface area contributed by atoms with Crippen molar-refractivity contribution in [3.63, 3.8) is 0 Å². The Hall–Kier alpha value is -3.52. The maximum Gasteiger partial charge on any atom is 0.326 e. The van der Waals surface area contributed by atoms with E-state index in [9.17, 15) is 14.4 Å². The molecule has 2 aromatic carbocycles. The van der Waals surface area contributed by atoms with Crippen molar-refractivity contribution in [2.45, 2.75) is 32.4 Å². The van der Waals surface area contributed by atoms with Gasteiger partial charge in [-0.3, -0.25) is 14.2 Å². The van der Waals surface area contributed by atoms with E-state index >= 15 is 0 Å². The zero-order valence-electron chi connectivity index (χ0n) is 20.0. The first-order valence-corrected chi connectivity index (χ1v) is 12.1. The maximum absolute atomic E-state index is 13.6. The molecule has 1 aliphatic heterocycles. The Labute approximate surface area is 207 Å². The van der Waals surface area contributed by atoms with Crippen LogP contribution in [0, 0.1) is 6.92 Å². The van der Waals surface area contributed by atoms with Crippen LogP contribution in [0.4, 0.5) is 0 Å². The average molecular weight is 494 g/mol. The molecule has 1 N–H and O–H groups in total. The number of aryl methyl sites for hydroxylation is 1. The van der Waals surface area contributed by atoms with Gasteiger partial charge in [0.25, 0.3) is 5.91 Å². The number of likely N-dealkylation sites (N-methyl/N-ethyl adjacent to an activating group) is 1. The molecule has 2 amide bonds. The first-order valence-electron chi connectivity index (χ1n) is 11.7. The fourth-order valence-corrected chi connectivity index (χ4v) is 5.10. The molecule has 2 aromatic heterocycles. The second kappa shape index (κ2) is 8.92. The van der Waals surface area contributed by atoms with Gasteiger partial charge in [-0.05, 0) is 49.6 Å².